The van der Waals surface area contributed by atoms with Gasteiger partial charge in [-0.15, -0.1) is 0 Å². The molecule has 0 aliphatic carbocycles. The van der Waals surface area contributed by atoms with E-state index in [1.54, 1.807) is 0 Å². The van der Waals surface area contributed by atoms with Crippen molar-refractivity contribution in [2.75, 3.05) is 33.7 Å². The Bertz CT molecular complexity index is 723. The topological polar surface area (TPSA) is 48.7 Å². The van der Waals surface area contributed by atoms with Gasteiger partial charge in [0.25, 0.3) is 0 Å². The molecule has 1 fully saturated rings. The summed E-state index contributed by atoms with van der Waals surface area (Å²) in [6, 6.07) is 10.8. The van der Waals surface area contributed by atoms with E-state index in [0.29, 0.717) is 6.04 Å². The third-order valence-electron chi connectivity index (χ3n) is 5.30. The Morgan fingerprint density at radius 2 is 2.11 bits per heavy atom. The number of rotatable bonds is 6. The lowest BCUT2D eigenvalue weighted by Gasteiger charge is -2.35. The highest BCUT2D eigenvalue weighted by atomic mass is 15.3. The highest BCUT2D eigenvalue weighted by Gasteiger charge is 2.21. The van der Waals surface area contributed by atoms with Crippen LogP contribution >= 0.6 is 0 Å². The van der Waals surface area contributed by atoms with Crippen molar-refractivity contribution in [1.29, 1.82) is 0 Å². The van der Waals surface area contributed by atoms with Gasteiger partial charge in [-0.1, -0.05) is 31.5 Å². The summed E-state index contributed by atoms with van der Waals surface area (Å²) in [6.07, 6.45) is 7.93. The second-order valence-corrected chi connectivity index (χ2v) is 7.19. The number of benzene rings is 1. The predicted octanol–water partition coefficient (Wildman–Crippen LogP) is 2.75. The van der Waals surface area contributed by atoms with E-state index in [4.69, 9.17) is 0 Å². The minimum absolute atomic E-state index is 0.606. The molecular formula is C21H32N6. The molecule has 0 bridgehead atoms. The average Bonchev–Trinajstić information content (AvgIpc) is 3.18. The van der Waals surface area contributed by atoms with Gasteiger partial charge in [0.1, 0.15) is 0 Å². The number of aliphatic imine (C=N–C) groups is 1. The molecule has 1 aliphatic rings. The molecule has 1 aromatic heterocycles. The average molecular weight is 369 g/mol. The van der Waals surface area contributed by atoms with Crippen LogP contribution in [0.4, 0.5) is 0 Å². The monoisotopic (exact) mass is 368 g/mol. The Kier molecular flexibility index (Phi) is 6.87. The molecule has 2 heterocycles. The van der Waals surface area contributed by atoms with E-state index in [-0.39, 0.29) is 0 Å². The van der Waals surface area contributed by atoms with E-state index < -0.39 is 0 Å². The summed E-state index contributed by atoms with van der Waals surface area (Å²) in [7, 11) is 3.93. The van der Waals surface area contributed by atoms with Crippen molar-refractivity contribution in [1.82, 2.24) is 24.9 Å². The number of aromatic nitrogens is 2. The summed E-state index contributed by atoms with van der Waals surface area (Å²) in [5.41, 5.74) is 2.24. The fraction of sp³-hybridized carbons (Fsp3) is 0.524. The second-order valence-electron chi connectivity index (χ2n) is 7.19. The van der Waals surface area contributed by atoms with Crippen LogP contribution in [0.5, 0.6) is 0 Å². The largest absolute Gasteiger partial charge is 0.355 e. The molecule has 1 N–H and O–H groups in total. The molecule has 1 aromatic carbocycles. The summed E-state index contributed by atoms with van der Waals surface area (Å²) >= 11 is 0. The van der Waals surface area contributed by atoms with Gasteiger partial charge in [-0.25, -0.2) is 4.68 Å². The molecule has 0 radical (unpaired) electrons. The van der Waals surface area contributed by atoms with Crippen LogP contribution < -0.4 is 5.32 Å². The van der Waals surface area contributed by atoms with E-state index in [1.165, 1.54) is 25.8 Å². The summed E-state index contributed by atoms with van der Waals surface area (Å²) < 4.78 is 1.92. The van der Waals surface area contributed by atoms with E-state index >= 15 is 0 Å². The number of likely N-dealkylation sites (tertiary alicyclic amines) is 1. The quantitative estimate of drug-likeness (QED) is 0.629. The van der Waals surface area contributed by atoms with E-state index in [0.717, 1.165) is 36.8 Å². The highest BCUT2D eigenvalue weighted by molar-refractivity contribution is 5.79. The van der Waals surface area contributed by atoms with Crippen molar-refractivity contribution in [2.24, 2.45) is 4.99 Å². The standard InChI is InChI=1S/C21H32N6/c1-4-26-13-9-8-12-20(26)15-23-21(22-2)25(3)16-18-14-24-27(17-18)19-10-6-5-7-11-19/h5-7,10-11,14,17,20H,4,8-9,12-13,15-16H2,1-3H3,(H,22,23). The molecule has 1 aliphatic heterocycles. The van der Waals surface area contributed by atoms with Gasteiger partial charge in [-0.3, -0.25) is 9.89 Å². The lowest BCUT2D eigenvalue weighted by molar-refractivity contribution is 0.156. The number of para-hydroxylation sites is 1. The Labute approximate surface area is 162 Å². The van der Waals surface area contributed by atoms with Crippen LogP contribution in [0.3, 0.4) is 0 Å². The molecule has 0 spiro atoms. The zero-order valence-electron chi connectivity index (χ0n) is 16.8. The predicted molar refractivity (Wildman–Crippen MR) is 111 cm³/mol. The summed E-state index contributed by atoms with van der Waals surface area (Å²) in [4.78, 5) is 9.21. The molecule has 27 heavy (non-hydrogen) atoms. The van der Waals surface area contributed by atoms with Crippen molar-refractivity contribution in [3.8, 4) is 5.69 Å². The molecule has 6 nitrogen and oxygen atoms in total. The number of hydrogen-bond acceptors (Lipinski definition) is 3. The Balaban J connectivity index is 1.56. The van der Waals surface area contributed by atoms with Crippen molar-refractivity contribution in [3.63, 3.8) is 0 Å². The van der Waals surface area contributed by atoms with Crippen LogP contribution in [-0.2, 0) is 6.54 Å². The van der Waals surface area contributed by atoms with E-state index in [2.05, 4.69) is 57.5 Å². The van der Waals surface area contributed by atoms with Gasteiger partial charge in [0.2, 0.25) is 0 Å². The third-order valence-corrected chi connectivity index (χ3v) is 5.30. The zero-order valence-corrected chi connectivity index (χ0v) is 16.8. The van der Waals surface area contributed by atoms with Crippen LogP contribution in [0.15, 0.2) is 47.7 Å². The van der Waals surface area contributed by atoms with Crippen molar-refractivity contribution in [3.05, 3.63) is 48.3 Å². The van der Waals surface area contributed by atoms with Crippen molar-refractivity contribution < 1.29 is 0 Å². The first-order valence-corrected chi connectivity index (χ1v) is 9.96. The van der Waals surface area contributed by atoms with Gasteiger partial charge < -0.3 is 10.2 Å². The molecule has 3 rings (SSSR count). The number of piperidine rings is 1. The van der Waals surface area contributed by atoms with Crippen LogP contribution in [-0.4, -0.2) is 65.3 Å². The first-order valence-electron chi connectivity index (χ1n) is 9.96. The first-order chi connectivity index (χ1) is 13.2. The van der Waals surface area contributed by atoms with E-state index in [1.807, 2.05) is 36.1 Å². The minimum Gasteiger partial charge on any atom is -0.355 e. The van der Waals surface area contributed by atoms with Gasteiger partial charge in [0.15, 0.2) is 5.96 Å². The zero-order chi connectivity index (χ0) is 19.1. The van der Waals surface area contributed by atoms with Gasteiger partial charge in [0.05, 0.1) is 11.9 Å². The van der Waals surface area contributed by atoms with Gasteiger partial charge in [-0.2, -0.15) is 5.10 Å². The molecule has 1 saturated heterocycles. The van der Waals surface area contributed by atoms with Crippen molar-refractivity contribution in [2.45, 2.75) is 38.8 Å². The molecular weight excluding hydrogens is 336 g/mol. The molecule has 0 saturated carbocycles. The Morgan fingerprint density at radius 3 is 2.85 bits per heavy atom. The summed E-state index contributed by atoms with van der Waals surface area (Å²) in [6.45, 7) is 6.32. The molecule has 0 amide bonds. The maximum absolute atomic E-state index is 4.49. The smallest absolute Gasteiger partial charge is 0.193 e. The second kappa shape index (κ2) is 9.55. The van der Waals surface area contributed by atoms with E-state index in [9.17, 15) is 0 Å². The first kappa shape index (κ1) is 19.4. The lowest BCUT2D eigenvalue weighted by Crippen LogP contribution is -2.49. The fourth-order valence-corrected chi connectivity index (χ4v) is 3.81. The minimum atomic E-state index is 0.606. The van der Waals surface area contributed by atoms with Gasteiger partial charge >= 0.3 is 0 Å². The lowest BCUT2D eigenvalue weighted by atomic mass is 10.0. The number of nitrogens with one attached hydrogen (secondary N) is 1. The normalized spacial score (nSPS) is 18.5. The van der Waals surface area contributed by atoms with Gasteiger partial charge in [-0.05, 0) is 38.1 Å². The van der Waals surface area contributed by atoms with Crippen LogP contribution in [0, 0.1) is 0 Å². The summed E-state index contributed by atoms with van der Waals surface area (Å²) in [5.74, 6) is 0.934. The molecule has 2 aromatic rings. The summed E-state index contributed by atoms with van der Waals surface area (Å²) in [5, 5.41) is 8.06. The van der Waals surface area contributed by atoms with Crippen LogP contribution in [0.2, 0.25) is 0 Å². The van der Waals surface area contributed by atoms with Gasteiger partial charge in [0, 0.05) is 45.0 Å². The number of hydrogen-bond donors (Lipinski definition) is 1. The fourth-order valence-electron chi connectivity index (χ4n) is 3.81. The Hall–Kier alpha value is -2.34. The van der Waals surface area contributed by atoms with Crippen molar-refractivity contribution >= 4 is 5.96 Å². The third kappa shape index (κ3) is 5.10. The molecule has 6 heteroatoms. The SMILES string of the molecule is CCN1CCCCC1CNC(=NC)N(C)Cc1cnn(-c2ccccc2)c1. The highest BCUT2D eigenvalue weighted by Crippen LogP contribution is 2.16. The maximum atomic E-state index is 4.49. The molecule has 1 unspecified atom stereocenters. The number of likely N-dealkylation sites (N-methyl/N-ethyl adjacent to an activating group) is 1. The molecule has 146 valence electrons. The number of nitrogens with zero attached hydrogens (tertiary/aromatic N) is 5. The molecule has 1 atom stereocenters. The Morgan fingerprint density at radius 1 is 1.30 bits per heavy atom. The maximum Gasteiger partial charge on any atom is 0.193 e. The number of guanidine groups is 1. The van der Waals surface area contributed by atoms with Crippen LogP contribution in [0.25, 0.3) is 5.69 Å². The van der Waals surface area contributed by atoms with Crippen LogP contribution in [0.1, 0.15) is 31.7 Å².